The largest absolute Gasteiger partial charge is 0.376 e. The number of nitrogens with zero attached hydrogens (tertiary/aromatic N) is 2. The summed E-state index contributed by atoms with van der Waals surface area (Å²) < 4.78 is 2.47. The Labute approximate surface area is 133 Å². The first-order chi connectivity index (χ1) is 10.2. The van der Waals surface area contributed by atoms with Crippen LogP contribution < -0.4 is 10.9 Å². The number of anilines is 1. The van der Waals surface area contributed by atoms with Gasteiger partial charge in [-0.05, 0) is 72.2 Å². The molecule has 0 radical (unpaired) electrons. The van der Waals surface area contributed by atoms with Crippen LogP contribution in [0.25, 0.3) is 0 Å². The molecule has 5 heteroatoms. The molecule has 0 saturated heterocycles. The molecule has 0 aromatic carbocycles. The molecule has 4 nitrogen and oxygen atoms in total. The van der Waals surface area contributed by atoms with Crippen molar-refractivity contribution in [2.24, 2.45) is 17.8 Å². The van der Waals surface area contributed by atoms with Crippen LogP contribution in [0.3, 0.4) is 0 Å². The van der Waals surface area contributed by atoms with E-state index >= 15 is 0 Å². The summed E-state index contributed by atoms with van der Waals surface area (Å²) in [7, 11) is 0. The lowest BCUT2D eigenvalue weighted by Gasteiger charge is -2.26. The molecule has 0 bridgehead atoms. The topological polar surface area (TPSA) is 46.9 Å². The smallest absolute Gasteiger partial charge is 0.291 e. The van der Waals surface area contributed by atoms with Crippen molar-refractivity contribution in [1.82, 2.24) is 9.78 Å². The second kappa shape index (κ2) is 5.41. The van der Waals surface area contributed by atoms with Crippen LogP contribution in [0.15, 0.2) is 15.5 Å². The Hall–Kier alpha value is -0.840. The molecule has 4 rings (SSSR count). The Morgan fingerprint density at radius 1 is 1.24 bits per heavy atom. The molecule has 0 atom stereocenters. The lowest BCUT2D eigenvalue weighted by Crippen LogP contribution is -2.34. The summed E-state index contributed by atoms with van der Waals surface area (Å²) in [6.07, 6.45) is 10.8. The number of nitrogens with one attached hydrogen (secondary N) is 1. The van der Waals surface area contributed by atoms with Crippen molar-refractivity contribution in [2.45, 2.75) is 57.5 Å². The van der Waals surface area contributed by atoms with Gasteiger partial charge in [-0.3, -0.25) is 4.79 Å². The van der Waals surface area contributed by atoms with Crippen LogP contribution in [0.4, 0.5) is 5.69 Å². The molecule has 3 aliphatic rings. The summed E-state index contributed by atoms with van der Waals surface area (Å²) in [4.78, 5) is 12.7. The number of hydrogen-bond donors (Lipinski definition) is 1. The van der Waals surface area contributed by atoms with Crippen LogP contribution >= 0.6 is 15.9 Å². The molecule has 0 spiro atoms. The average molecular weight is 352 g/mol. The quantitative estimate of drug-likeness (QED) is 0.854. The van der Waals surface area contributed by atoms with Crippen molar-refractivity contribution < 1.29 is 0 Å². The molecule has 0 unspecified atom stereocenters. The van der Waals surface area contributed by atoms with E-state index in [2.05, 4.69) is 26.3 Å². The van der Waals surface area contributed by atoms with E-state index in [4.69, 9.17) is 0 Å². The molecule has 0 amide bonds. The van der Waals surface area contributed by atoms with Crippen LogP contribution in [0, 0.1) is 17.8 Å². The van der Waals surface area contributed by atoms with Crippen LogP contribution in [0.5, 0.6) is 0 Å². The van der Waals surface area contributed by atoms with E-state index in [1.54, 1.807) is 10.9 Å². The maximum absolute atomic E-state index is 12.7. The fourth-order valence-corrected chi connectivity index (χ4v) is 3.72. The Balaban J connectivity index is 1.57. The molecule has 114 valence electrons. The summed E-state index contributed by atoms with van der Waals surface area (Å²) in [6, 6.07) is 0.494. The van der Waals surface area contributed by atoms with Crippen molar-refractivity contribution in [3.8, 4) is 0 Å². The summed E-state index contributed by atoms with van der Waals surface area (Å²) in [5.74, 6) is 2.20. The van der Waals surface area contributed by atoms with Gasteiger partial charge in [-0.15, -0.1) is 0 Å². The zero-order chi connectivity index (χ0) is 14.4. The maximum Gasteiger partial charge on any atom is 0.291 e. The average Bonchev–Trinajstić information content (AvgIpc) is 3.28. The van der Waals surface area contributed by atoms with Gasteiger partial charge in [0.2, 0.25) is 0 Å². The number of aromatic nitrogens is 2. The first-order valence-electron chi connectivity index (χ1n) is 8.24. The molecule has 1 N–H and O–H groups in total. The molecule has 3 saturated carbocycles. The molecule has 21 heavy (non-hydrogen) atoms. The van der Waals surface area contributed by atoms with Gasteiger partial charge < -0.3 is 5.32 Å². The van der Waals surface area contributed by atoms with Gasteiger partial charge in [0.05, 0.1) is 10.7 Å². The van der Waals surface area contributed by atoms with Crippen molar-refractivity contribution in [1.29, 1.82) is 0 Å². The summed E-state index contributed by atoms with van der Waals surface area (Å²) in [5, 5.41) is 7.87. The van der Waals surface area contributed by atoms with Gasteiger partial charge >= 0.3 is 0 Å². The summed E-state index contributed by atoms with van der Waals surface area (Å²) >= 11 is 3.51. The highest BCUT2D eigenvalue weighted by Gasteiger charge is 2.42. The van der Waals surface area contributed by atoms with Crippen LogP contribution in [-0.2, 0) is 6.54 Å². The molecule has 3 aliphatic carbocycles. The standard InChI is InChI=1S/C16H22BrN3O/c17-13-8-18-20(9-10-2-1-3-10)16(21)15(13)19-14(11-4-5-11)12-6-7-12/h8,10-12,14,19H,1-7,9H2. The van der Waals surface area contributed by atoms with E-state index in [1.807, 2.05) is 0 Å². The third kappa shape index (κ3) is 2.89. The van der Waals surface area contributed by atoms with Gasteiger partial charge in [0, 0.05) is 12.6 Å². The molecular weight excluding hydrogens is 330 g/mol. The van der Waals surface area contributed by atoms with Crippen molar-refractivity contribution in [3.63, 3.8) is 0 Å². The Morgan fingerprint density at radius 3 is 2.43 bits per heavy atom. The van der Waals surface area contributed by atoms with E-state index in [9.17, 15) is 4.79 Å². The lowest BCUT2D eigenvalue weighted by molar-refractivity contribution is 0.261. The molecule has 1 heterocycles. The summed E-state index contributed by atoms with van der Waals surface area (Å²) in [5.41, 5.74) is 0.774. The fraction of sp³-hybridized carbons (Fsp3) is 0.750. The maximum atomic E-state index is 12.7. The molecular formula is C16H22BrN3O. The SMILES string of the molecule is O=c1c(NC(C2CC2)C2CC2)c(Br)cnn1CC1CCC1. The van der Waals surface area contributed by atoms with Crippen LogP contribution in [0.1, 0.15) is 44.9 Å². The van der Waals surface area contributed by atoms with Gasteiger partial charge in [-0.25, -0.2) is 4.68 Å². The van der Waals surface area contributed by atoms with Crippen LogP contribution in [-0.4, -0.2) is 15.8 Å². The molecule has 3 fully saturated rings. The van der Waals surface area contributed by atoms with Gasteiger partial charge in [-0.2, -0.15) is 5.10 Å². The van der Waals surface area contributed by atoms with Crippen molar-refractivity contribution in [3.05, 3.63) is 21.0 Å². The predicted molar refractivity (Wildman–Crippen MR) is 86.4 cm³/mol. The normalized spacial score (nSPS) is 22.4. The van der Waals surface area contributed by atoms with Gasteiger partial charge in [0.15, 0.2) is 0 Å². The minimum Gasteiger partial charge on any atom is -0.376 e. The van der Waals surface area contributed by atoms with E-state index in [1.165, 1.54) is 44.9 Å². The first-order valence-corrected chi connectivity index (χ1v) is 9.04. The second-order valence-electron chi connectivity index (χ2n) is 7.00. The van der Waals surface area contributed by atoms with Gasteiger partial charge in [0.1, 0.15) is 5.69 Å². The van der Waals surface area contributed by atoms with E-state index in [0.29, 0.717) is 12.0 Å². The third-order valence-corrected chi connectivity index (χ3v) is 5.83. The highest BCUT2D eigenvalue weighted by molar-refractivity contribution is 9.10. The third-order valence-electron chi connectivity index (χ3n) is 5.22. The van der Waals surface area contributed by atoms with Crippen LogP contribution in [0.2, 0.25) is 0 Å². The monoisotopic (exact) mass is 351 g/mol. The van der Waals surface area contributed by atoms with E-state index in [-0.39, 0.29) is 5.56 Å². The van der Waals surface area contributed by atoms with E-state index in [0.717, 1.165) is 28.5 Å². The molecule has 0 aliphatic heterocycles. The zero-order valence-electron chi connectivity index (χ0n) is 12.2. The van der Waals surface area contributed by atoms with Crippen molar-refractivity contribution >= 4 is 21.6 Å². The fourth-order valence-electron chi connectivity index (χ4n) is 3.35. The number of hydrogen-bond acceptors (Lipinski definition) is 3. The number of halogens is 1. The molecule has 1 aromatic heterocycles. The molecule has 1 aromatic rings. The Bertz CT molecular complexity index is 576. The van der Waals surface area contributed by atoms with E-state index < -0.39 is 0 Å². The summed E-state index contributed by atoms with van der Waals surface area (Å²) in [6.45, 7) is 0.776. The van der Waals surface area contributed by atoms with Crippen molar-refractivity contribution in [2.75, 3.05) is 5.32 Å². The predicted octanol–water partition coefficient (Wildman–Crippen LogP) is 3.41. The number of rotatable bonds is 6. The van der Waals surface area contributed by atoms with Gasteiger partial charge in [0.25, 0.3) is 5.56 Å². The Morgan fingerprint density at radius 2 is 1.90 bits per heavy atom. The highest BCUT2D eigenvalue weighted by atomic mass is 79.9. The minimum absolute atomic E-state index is 0.0441. The zero-order valence-corrected chi connectivity index (χ0v) is 13.8. The first kappa shape index (κ1) is 13.8. The second-order valence-corrected chi connectivity index (χ2v) is 7.85. The Kier molecular flexibility index (Phi) is 3.56. The lowest BCUT2D eigenvalue weighted by atomic mass is 9.85. The highest BCUT2D eigenvalue weighted by Crippen LogP contribution is 2.46. The van der Waals surface area contributed by atoms with Gasteiger partial charge in [-0.1, -0.05) is 6.42 Å². The minimum atomic E-state index is 0.0441.